The van der Waals surface area contributed by atoms with Gasteiger partial charge in [0, 0.05) is 19.9 Å². The maximum Gasteiger partial charge on any atom is 0.142 e. The second-order valence-corrected chi connectivity index (χ2v) is 9.59. The summed E-state index contributed by atoms with van der Waals surface area (Å²) in [4.78, 5) is 8.01. The number of nitriles is 1. The summed E-state index contributed by atoms with van der Waals surface area (Å²) in [6, 6.07) is 18.4. The Morgan fingerprint density at radius 2 is 1.79 bits per heavy atom. The molecule has 0 saturated carbocycles. The molecule has 5 rings (SSSR count). The Morgan fingerprint density at radius 3 is 2.55 bits per heavy atom. The number of nitrogens with one attached hydrogen (secondary N) is 1. The highest BCUT2D eigenvalue weighted by molar-refractivity contribution is 14.1. The first kappa shape index (κ1) is 21.4. The molecule has 0 bridgehead atoms. The van der Waals surface area contributed by atoms with E-state index in [-0.39, 0.29) is 11.1 Å². The van der Waals surface area contributed by atoms with Gasteiger partial charge in [-0.25, -0.2) is 9.37 Å². The van der Waals surface area contributed by atoms with Crippen LogP contribution in [-0.2, 0) is 0 Å². The standard InChI is InChI=1S/C27H17FIN3O/c1-27(2,33)11-10-15-6-8-18-20(12-15)21-13-17(29)7-9-19(21)25-24(18)31-26(32-25)23-16(14-30)4-3-5-22(23)28/h3-9,12-13,33H,1-2H3,(H,31,32). The minimum absolute atomic E-state index is 0.163. The molecule has 0 saturated heterocycles. The second kappa shape index (κ2) is 7.84. The van der Waals surface area contributed by atoms with Gasteiger partial charge in [-0.3, -0.25) is 0 Å². The minimum atomic E-state index is -1.09. The summed E-state index contributed by atoms with van der Waals surface area (Å²) in [5.41, 5.74) is 1.56. The average Bonchev–Trinajstić information content (AvgIpc) is 3.22. The summed E-state index contributed by atoms with van der Waals surface area (Å²) < 4.78 is 15.8. The molecular formula is C27H17FIN3O. The molecule has 1 aromatic heterocycles. The number of nitrogens with zero attached hydrogens (tertiary/aromatic N) is 2. The smallest absolute Gasteiger partial charge is 0.142 e. The number of H-pyrrole nitrogens is 1. The van der Waals surface area contributed by atoms with E-state index < -0.39 is 11.4 Å². The van der Waals surface area contributed by atoms with Crippen LogP contribution in [0, 0.1) is 32.6 Å². The molecule has 0 amide bonds. The van der Waals surface area contributed by atoms with Crippen molar-refractivity contribution in [2.45, 2.75) is 19.4 Å². The van der Waals surface area contributed by atoms with E-state index in [0.29, 0.717) is 11.3 Å². The SMILES string of the molecule is CC(C)(O)C#Cc1ccc2c(c1)c1cc(I)ccc1c1nc(-c3c(F)cccc3C#N)[nH]c21. The quantitative estimate of drug-likeness (QED) is 0.148. The number of hydrogen-bond acceptors (Lipinski definition) is 3. The van der Waals surface area contributed by atoms with Gasteiger partial charge in [0.05, 0.1) is 28.2 Å². The predicted octanol–water partition coefficient (Wildman–Crippen LogP) is 6.27. The number of aliphatic hydroxyl groups is 1. The van der Waals surface area contributed by atoms with Crippen molar-refractivity contribution in [3.8, 4) is 29.3 Å². The number of halogens is 2. The highest BCUT2D eigenvalue weighted by Gasteiger charge is 2.18. The molecule has 6 heteroatoms. The van der Waals surface area contributed by atoms with Crippen LogP contribution < -0.4 is 0 Å². The van der Waals surface area contributed by atoms with Gasteiger partial charge in [0.15, 0.2) is 0 Å². The van der Waals surface area contributed by atoms with E-state index in [9.17, 15) is 14.8 Å². The fourth-order valence-electron chi connectivity index (χ4n) is 3.97. The summed E-state index contributed by atoms with van der Waals surface area (Å²) in [6.45, 7) is 3.29. The number of fused-ring (bicyclic) bond motifs is 6. The zero-order chi connectivity index (χ0) is 23.3. The van der Waals surface area contributed by atoms with Gasteiger partial charge in [-0.15, -0.1) is 0 Å². The number of benzene rings is 4. The Morgan fingerprint density at radius 1 is 1.03 bits per heavy atom. The summed E-state index contributed by atoms with van der Waals surface area (Å²) in [7, 11) is 0. The van der Waals surface area contributed by atoms with Crippen molar-refractivity contribution in [1.29, 1.82) is 5.26 Å². The minimum Gasteiger partial charge on any atom is -0.378 e. The Bertz CT molecular complexity index is 1690. The lowest BCUT2D eigenvalue weighted by Crippen LogP contribution is -2.14. The van der Waals surface area contributed by atoms with E-state index in [1.165, 1.54) is 12.1 Å². The van der Waals surface area contributed by atoms with Crippen LogP contribution in [0.5, 0.6) is 0 Å². The van der Waals surface area contributed by atoms with Crippen LogP contribution in [0.3, 0.4) is 0 Å². The normalized spacial score (nSPS) is 11.5. The van der Waals surface area contributed by atoms with Crippen molar-refractivity contribution in [3.63, 3.8) is 0 Å². The van der Waals surface area contributed by atoms with Gasteiger partial charge >= 0.3 is 0 Å². The molecule has 0 aliphatic heterocycles. The molecule has 0 fully saturated rings. The molecule has 0 aliphatic rings. The Kier molecular flexibility index (Phi) is 5.08. The van der Waals surface area contributed by atoms with Crippen LogP contribution in [0.1, 0.15) is 25.0 Å². The van der Waals surface area contributed by atoms with Gasteiger partial charge in [-0.2, -0.15) is 5.26 Å². The number of rotatable bonds is 1. The van der Waals surface area contributed by atoms with Gasteiger partial charge in [-0.05, 0) is 83.6 Å². The van der Waals surface area contributed by atoms with Crippen LogP contribution in [0.2, 0.25) is 0 Å². The number of imidazole rings is 1. The van der Waals surface area contributed by atoms with E-state index in [0.717, 1.165) is 36.2 Å². The topological polar surface area (TPSA) is 72.7 Å². The maximum atomic E-state index is 14.7. The number of aromatic nitrogens is 2. The van der Waals surface area contributed by atoms with Gasteiger partial charge in [0.25, 0.3) is 0 Å². The fourth-order valence-corrected chi connectivity index (χ4v) is 4.46. The summed E-state index contributed by atoms with van der Waals surface area (Å²) >= 11 is 2.27. The highest BCUT2D eigenvalue weighted by atomic mass is 127. The first-order chi connectivity index (χ1) is 15.7. The van der Waals surface area contributed by atoms with Crippen molar-refractivity contribution in [2.75, 3.05) is 0 Å². The Hall–Kier alpha value is -3.46. The summed E-state index contributed by atoms with van der Waals surface area (Å²) in [5.74, 6) is 5.72. The van der Waals surface area contributed by atoms with Crippen LogP contribution >= 0.6 is 22.6 Å². The molecule has 0 spiro atoms. The molecule has 0 aliphatic carbocycles. The van der Waals surface area contributed by atoms with Crippen LogP contribution in [-0.4, -0.2) is 20.7 Å². The molecule has 4 nitrogen and oxygen atoms in total. The van der Waals surface area contributed by atoms with Crippen molar-refractivity contribution in [1.82, 2.24) is 9.97 Å². The third kappa shape index (κ3) is 3.82. The molecule has 0 radical (unpaired) electrons. The lowest BCUT2D eigenvalue weighted by atomic mass is 9.98. The monoisotopic (exact) mass is 545 g/mol. The van der Waals surface area contributed by atoms with Crippen molar-refractivity contribution >= 4 is 55.2 Å². The lowest BCUT2D eigenvalue weighted by Gasteiger charge is -2.08. The molecule has 33 heavy (non-hydrogen) atoms. The molecule has 1 heterocycles. The molecule has 4 aromatic carbocycles. The first-order valence-corrected chi connectivity index (χ1v) is 11.3. The molecular weight excluding hydrogens is 528 g/mol. The molecule has 5 aromatic rings. The third-order valence-corrected chi connectivity index (χ3v) is 6.07. The zero-order valence-corrected chi connectivity index (χ0v) is 20.0. The predicted molar refractivity (Wildman–Crippen MR) is 137 cm³/mol. The molecule has 0 atom stereocenters. The van der Waals surface area contributed by atoms with E-state index in [4.69, 9.17) is 4.98 Å². The largest absolute Gasteiger partial charge is 0.378 e. The van der Waals surface area contributed by atoms with Gasteiger partial charge < -0.3 is 10.1 Å². The van der Waals surface area contributed by atoms with Crippen LogP contribution in [0.15, 0.2) is 54.6 Å². The lowest BCUT2D eigenvalue weighted by molar-refractivity contribution is 0.143. The maximum absolute atomic E-state index is 14.7. The van der Waals surface area contributed by atoms with Gasteiger partial charge in [-0.1, -0.05) is 30.0 Å². The molecule has 0 unspecified atom stereocenters. The van der Waals surface area contributed by atoms with Gasteiger partial charge in [0.2, 0.25) is 0 Å². The molecule has 160 valence electrons. The van der Waals surface area contributed by atoms with E-state index in [1.807, 2.05) is 30.3 Å². The van der Waals surface area contributed by atoms with Crippen molar-refractivity contribution < 1.29 is 9.50 Å². The van der Waals surface area contributed by atoms with Crippen LogP contribution in [0.25, 0.3) is 44.0 Å². The van der Waals surface area contributed by atoms with E-state index in [1.54, 1.807) is 19.9 Å². The number of hydrogen-bond donors (Lipinski definition) is 2. The Balaban J connectivity index is 1.87. The second-order valence-electron chi connectivity index (χ2n) is 8.34. The zero-order valence-electron chi connectivity index (χ0n) is 17.8. The average molecular weight is 545 g/mol. The first-order valence-electron chi connectivity index (χ1n) is 10.2. The van der Waals surface area contributed by atoms with E-state index >= 15 is 0 Å². The third-order valence-electron chi connectivity index (χ3n) is 5.40. The fraction of sp³-hybridized carbons (Fsp3) is 0.111. The Labute approximate surface area is 203 Å². The summed E-state index contributed by atoms with van der Waals surface area (Å²) in [5, 5.41) is 23.3. The van der Waals surface area contributed by atoms with Gasteiger partial charge in [0.1, 0.15) is 17.2 Å². The number of aromatic amines is 1. The van der Waals surface area contributed by atoms with E-state index in [2.05, 4.69) is 51.6 Å². The highest BCUT2D eigenvalue weighted by Crippen LogP contribution is 2.37. The molecule has 2 N–H and O–H groups in total. The summed E-state index contributed by atoms with van der Waals surface area (Å²) in [6.07, 6.45) is 0. The van der Waals surface area contributed by atoms with Crippen molar-refractivity contribution in [3.05, 3.63) is 75.1 Å². The van der Waals surface area contributed by atoms with Crippen molar-refractivity contribution in [2.24, 2.45) is 0 Å². The van der Waals surface area contributed by atoms with Crippen LogP contribution in [0.4, 0.5) is 4.39 Å².